The fourth-order valence-corrected chi connectivity index (χ4v) is 12.2. The third-order valence-electron chi connectivity index (χ3n) is 14.1. The highest BCUT2D eigenvalue weighted by Crippen LogP contribution is 2.49. The lowest BCUT2D eigenvalue weighted by Gasteiger charge is -2.49. The number of imide groups is 1. The topological polar surface area (TPSA) is 114 Å². The molecule has 3 aromatic carbocycles. The number of aryl methyl sites for hydroxylation is 1. The molecule has 12 heteroatoms. The molecule has 1 unspecified atom stereocenters. The van der Waals surface area contributed by atoms with Gasteiger partial charge in [-0.05, 0) is 129 Å². The van der Waals surface area contributed by atoms with E-state index in [0.717, 1.165) is 74.4 Å². The lowest BCUT2D eigenvalue weighted by molar-refractivity contribution is -0.237. The number of fused-ring (bicyclic) bond motifs is 5. The fourth-order valence-electron chi connectivity index (χ4n) is 10.5. The van der Waals surface area contributed by atoms with E-state index in [9.17, 15) is 18.6 Å². The number of carbonyl (C=O) groups excluding carboxylic acids is 3. The molecule has 1 spiro atoms. The normalized spacial score (nSPS) is 34.3. The van der Waals surface area contributed by atoms with Gasteiger partial charge in [0.05, 0.1) is 52.4 Å². The zero-order chi connectivity index (χ0) is 39.6. The van der Waals surface area contributed by atoms with Gasteiger partial charge in [-0.25, -0.2) is 4.21 Å². The summed E-state index contributed by atoms with van der Waals surface area (Å²) in [6.07, 6.45) is 7.06. The van der Waals surface area contributed by atoms with Crippen LogP contribution in [-0.4, -0.2) is 83.2 Å². The maximum Gasteiger partial charge on any atom is 0.262 e. The molecule has 3 amide bonds. The van der Waals surface area contributed by atoms with Crippen molar-refractivity contribution in [3.63, 3.8) is 0 Å². The molecule has 1 saturated carbocycles. The number of halogens is 1. The summed E-state index contributed by atoms with van der Waals surface area (Å²) in [5.41, 5.74) is 4.39. The molecule has 302 valence electrons. The molecular formula is C45H52ClN3O7S. The second-order valence-electron chi connectivity index (χ2n) is 17.4. The summed E-state index contributed by atoms with van der Waals surface area (Å²) >= 11 is 6.51. The van der Waals surface area contributed by atoms with Crippen LogP contribution < -0.4 is 14.4 Å². The molecule has 3 aromatic rings. The van der Waals surface area contributed by atoms with E-state index in [2.05, 4.69) is 34.5 Å². The third-order valence-corrected chi connectivity index (χ3v) is 16.5. The number of anilines is 1. The average molecular weight is 814 g/mol. The Morgan fingerprint density at radius 3 is 2.37 bits per heavy atom. The van der Waals surface area contributed by atoms with E-state index in [-0.39, 0.29) is 47.5 Å². The monoisotopic (exact) mass is 813 g/mol. The number of nitrogens with one attached hydrogen (secondary N) is 1. The van der Waals surface area contributed by atoms with Crippen LogP contribution in [0.15, 0.2) is 60.7 Å². The minimum Gasteiger partial charge on any atom is -0.490 e. The van der Waals surface area contributed by atoms with Crippen LogP contribution in [0.2, 0.25) is 5.02 Å². The largest absolute Gasteiger partial charge is 0.490 e. The summed E-state index contributed by atoms with van der Waals surface area (Å²) in [6, 6.07) is 18.2. The number of rotatable bonds is 2. The summed E-state index contributed by atoms with van der Waals surface area (Å²) < 4.78 is 36.7. The van der Waals surface area contributed by atoms with Gasteiger partial charge in [0, 0.05) is 40.3 Å². The molecule has 57 heavy (non-hydrogen) atoms. The third kappa shape index (κ3) is 6.96. The van der Waals surface area contributed by atoms with Gasteiger partial charge in [0.15, 0.2) is 6.29 Å². The molecule has 1 saturated heterocycles. The van der Waals surface area contributed by atoms with Crippen LogP contribution in [-0.2, 0) is 31.0 Å². The SMILES string of the molecule is C=S1(=O)NC(=O)c2ccc3c(c2)N(C[C@@H]2CC[C@H]2[C@@H](C2OCC(N4C(=O)c5ccccc5C4=O)CO2)CCC[C@H](C)[C@H]1C)C[C@@]1(CCCc2cc(Cl)ccc21)CO3. The molecule has 10 nitrogen and oxygen atoms in total. The molecule has 6 aliphatic rings. The molecule has 2 bridgehead atoms. The van der Waals surface area contributed by atoms with Gasteiger partial charge in [-0.1, -0.05) is 43.1 Å². The molecule has 1 N–H and O–H groups in total. The fraction of sp³-hybridized carbons (Fsp3) is 0.511. The summed E-state index contributed by atoms with van der Waals surface area (Å²) in [4.78, 5) is 44.2. The smallest absolute Gasteiger partial charge is 0.262 e. The molecule has 2 fully saturated rings. The summed E-state index contributed by atoms with van der Waals surface area (Å²) in [6.45, 7) is 6.41. The van der Waals surface area contributed by atoms with E-state index in [1.807, 2.05) is 25.1 Å². The molecule has 2 aliphatic carbocycles. The minimum atomic E-state index is -2.99. The van der Waals surface area contributed by atoms with Gasteiger partial charge < -0.3 is 19.1 Å². The highest BCUT2D eigenvalue weighted by Gasteiger charge is 2.48. The van der Waals surface area contributed by atoms with Gasteiger partial charge in [0.2, 0.25) is 0 Å². The Morgan fingerprint density at radius 1 is 0.895 bits per heavy atom. The lowest BCUT2D eigenvalue weighted by Crippen LogP contribution is -2.54. The molecular weight excluding hydrogens is 762 g/mol. The number of hydrogen-bond donors (Lipinski definition) is 1. The van der Waals surface area contributed by atoms with Crippen LogP contribution in [0, 0.1) is 23.7 Å². The Bertz CT molecular complexity index is 2170. The van der Waals surface area contributed by atoms with Gasteiger partial charge in [-0.15, -0.1) is 0 Å². The first-order chi connectivity index (χ1) is 27.4. The second-order valence-corrected chi connectivity index (χ2v) is 20.3. The molecule has 9 rings (SSSR count). The molecule has 4 heterocycles. The Kier molecular flexibility index (Phi) is 10.2. The summed E-state index contributed by atoms with van der Waals surface area (Å²) in [5.74, 6) is 4.52. The highest BCUT2D eigenvalue weighted by molar-refractivity contribution is 7.99. The molecule has 0 radical (unpaired) electrons. The predicted molar refractivity (Wildman–Crippen MR) is 222 cm³/mol. The predicted octanol–water partition coefficient (Wildman–Crippen LogP) is 7.06. The maximum absolute atomic E-state index is 14.1. The van der Waals surface area contributed by atoms with Crippen LogP contribution in [0.4, 0.5) is 5.69 Å². The van der Waals surface area contributed by atoms with E-state index < -0.39 is 27.9 Å². The van der Waals surface area contributed by atoms with E-state index in [4.69, 9.17) is 25.8 Å². The first-order valence-electron chi connectivity index (χ1n) is 20.6. The maximum atomic E-state index is 14.1. The Hall–Kier alpha value is -3.90. The van der Waals surface area contributed by atoms with Gasteiger partial charge in [-0.3, -0.25) is 24.0 Å². The van der Waals surface area contributed by atoms with Crippen molar-refractivity contribution in [3.05, 3.63) is 93.5 Å². The van der Waals surface area contributed by atoms with Crippen LogP contribution in [0.25, 0.3) is 0 Å². The zero-order valence-corrected chi connectivity index (χ0v) is 34.3. The van der Waals surface area contributed by atoms with Gasteiger partial charge in [0.1, 0.15) is 5.75 Å². The number of nitrogens with zero attached hydrogens (tertiary/aromatic N) is 2. The summed E-state index contributed by atoms with van der Waals surface area (Å²) in [7, 11) is -2.99. The Labute approximate surface area is 340 Å². The standard InChI is InChI=1S/C45H52ClN3O7S/c1-27-8-6-12-37(44-54-23-33(24-55-44)49-42(51)35-10-4-5-11-36(35)43(49)52)34-16-13-31(34)22-48-25-45(19-7-9-29-20-32(46)15-17-38(29)45)26-56-40-18-14-30(21-39(40)48)41(50)47-57(3,53)28(27)2/h4-5,10-11,14-15,17-18,20-21,27-28,31,33-34,37,44H,3,6-9,12-13,16,19,22-26H2,1-2H3,(H,47,50,53)/t27-,28+,31-,33?,34+,37-,44?,45-,57?/m0/s1. The van der Waals surface area contributed by atoms with E-state index in [1.54, 1.807) is 30.3 Å². The molecule has 4 aliphatic heterocycles. The van der Waals surface area contributed by atoms with Crippen molar-refractivity contribution in [2.75, 3.05) is 37.8 Å². The van der Waals surface area contributed by atoms with Crippen LogP contribution >= 0.6 is 11.6 Å². The lowest BCUT2D eigenvalue weighted by atomic mass is 9.64. The van der Waals surface area contributed by atoms with Crippen molar-refractivity contribution < 1.29 is 32.8 Å². The molecule has 7 atom stereocenters. The number of ether oxygens (including phenoxy) is 3. The number of amides is 3. The first kappa shape index (κ1) is 38.6. The highest BCUT2D eigenvalue weighted by atomic mass is 35.5. The van der Waals surface area contributed by atoms with Crippen LogP contribution in [0.1, 0.15) is 101 Å². The summed E-state index contributed by atoms with van der Waals surface area (Å²) in [5, 5.41) is 0.382. The van der Waals surface area contributed by atoms with E-state index in [0.29, 0.717) is 41.7 Å². The number of carbonyl (C=O) groups is 3. The van der Waals surface area contributed by atoms with E-state index >= 15 is 0 Å². The Balaban J connectivity index is 1.03. The van der Waals surface area contributed by atoms with Crippen molar-refractivity contribution >= 4 is 50.6 Å². The number of hydrogen-bond acceptors (Lipinski definition) is 8. The van der Waals surface area contributed by atoms with Gasteiger partial charge in [-0.2, -0.15) is 0 Å². The number of benzene rings is 3. The van der Waals surface area contributed by atoms with Crippen molar-refractivity contribution in [1.82, 2.24) is 9.62 Å². The van der Waals surface area contributed by atoms with Crippen LogP contribution in [0.3, 0.4) is 0 Å². The quantitative estimate of drug-likeness (QED) is 0.216. The van der Waals surface area contributed by atoms with Gasteiger partial charge in [0.25, 0.3) is 17.7 Å². The van der Waals surface area contributed by atoms with Crippen molar-refractivity contribution in [1.29, 1.82) is 0 Å². The van der Waals surface area contributed by atoms with Crippen LogP contribution in [0.5, 0.6) is 5.75 Å². The van der Waals surface area contributed by atoms with Gasteiger partial charge >= 0.3 is 0 Å². The van der Waals surface area contributed by atoms with Crippen molar-refractivity contribution in [2.45, 2.75) is 88.2 Å². The molecule has 0 aromatic heterocycles. The second kappa shape index (κ2) is 15.0. The minimum absolute atomic E-state index is 0.0350. The zero-order valence-electron chi connectivity index (χ0n) is 32.8. The average Bonchev–Trinajstić information content (AvgIpc) is 3.34. The van der Waals surface area contributed by atoms with E-state index in [1.165, 1.54) is 16.0 Å². The Morgan fingerprint density at radius 2 is 1.65 bits per heavy atom. The van der Waals surface area contributed by atoms with Crippen molar-refractivity contribution in [2.24, 2.45) is 23.7 Å². The van der Waals surface area contributed by atoms with Crippen molar-refractivity contribution in [3.8, 4) is 5.75 Å². The first-order valence-corrected chi connectivity index (χ1v) is 22.8.